The molecule has 2 aromatic carbocycles. The summed E-state index contributed by atoms with van der Waals surface area (Å²) in [5.74, 6) is -1.77. The number of carbonyl (C=O) groups is 3. The highest BCUT2D eigenvalue weighted by atomic mass is 32.2. The molecule has 2 atom stereocenters. The summed E-state index contributed by atoms with van der Waals surface area (Å²) >= 11 is 8.24. The Morgan fingerprint density at radius 2 is 1.77 bits per heavy atom. The van der Waals surface area contributed by atoms with Crippen molar-refractivity contribution in [1.29, 1.82) is 0 Å². The van der Waals surface area contributed by atoms with E-state index in [0.29, 0.717) is 16.9 Å². The van der Waals surface area contributed by atoms with Crippen LogP contribution in [0.25, 0.3) is 6.08 Å². The third-order valence-corrected chi connectivity index (χ3v) is 11.2. The van der Waals surface area contributed by atoms with Crippen LogP contribution in [0.15, 0.2) is 52.3 Å². The fourth-order valence-corrected chi connectivity index (χ4v) is 8.78. The fourth-order valence-electron chi connectivity index (χ4n) is 6.41. The fraction of sp³-hybridized carbons (Fsp3) is 0.455. The lowest BCUT2D eigenvalue weighted by Crippen LogP contribution is -2.33. The Balaban J connectivity index is 1.32. The molecule has 5 rings (SSSR count). The predicted molar refractivity (Wildman–Crippen MR) is 178 cm³/mol. The molecule has 0 radical (unpaired) electrons. The molecule has 2 aliphatic heterocycles. The Morgan fingerprint density at radius 3 is 2.44 bits per heavy atom. The van der Waals surface area contributed by atoms with Gasteiger partial charge >= 0.3 is 11.9 Å². The highest BCUT2D eigenvalue weighted by Gasteiger charge is 2.42. The standard InChI is InChI=1S/C33H38N2O5S3/c1-32(2,18-28(36)37)14-15-33(3,4)43-22-11-9-21(10-12-22)35-25-7-5-6-23(25)24-16-20(8-13-26(24)35)17-27-30(40)34(19-29(38)39)31(41)42-27/h8-13,16-17,23,25H,5-7,14-15,18-19H2,1-4H3,(H,36,37)(H,38,39)/b27-17-. The van der Waals surface area contributed by atoms with Gasteiger partial charge in [0.05, 0.1) is 11.3 Å². The minimum absolute atomic E-state index is 0.0215. The number of carboxylic acid groups (broad SMARTS) is 2. The summed E-state index contributed by atoms with van der Waals surface area (Å²) in [5.41, 5.74) is 4.35. The quantitative estimate of drug-likeness (QED) is 0.145. The average Bonchev–Trinajstić information content (AvgIpc) is 3.57. The second-order valence-electron chi connectivity index (χ2n) is 13.0. The molecule has 43 heavy (non-hydrogen) atoms. The van der Waals surface area contributed by atoms with Gasteiger partial charge in [0.15, 0.2) is 0 Å². The Morgan fingerprint density at radius 1 is 1.05 bits per heavy atom. The summed E-state index contributed by atoms with van der Waals surface area (Å²) in [4.78, 5) is 40.4. The van der Waals surface area contributed by atoms with E-state index in [1.165, 1.54) is 28.3 Å². The number of benzene rings is 2. The zero-order valence-electron chi connectivity index (χ0n) is 25.0. The van der Waals surface area contributed by atoms with Crippen molar-refractivity contribution >= 4 is 75.4 Å². The number of amides is 1. The van der Waals surface area contributed by atoms with Crippen LogP contribution in [-0.2, 0) is 14.4 Å². The van der Waals surface area contributed by atoms with Crippen molar-refractivity contribution < 1.29 is 24.6 Å². The van der Waals surface area contributed by atoms with Gasteiger partial charge in [-0.3, -0.25) is 19.3 Å². The summed E-state index contributed by atoms with van der Waals surface area (Å²) in [5, 5.41) is 18.4. The third-order valence-electron chi connectivity index (χ3n) is 8.53. The number of thioether (sulfide) groups is 2. The van der Waals surface area contributed by atoms with Gasteiger partial charge in [0, 0.05) is 33.0 Å². The van der Waals surface area contributed by atoms with Gasteiger partial charge in [-0.15, -0.1) is 11.8 Å². The Kier molecular flexibility index (Phi) is 9.03. The molecule has 0 bridgehead atoms. The summed E-state index contributed by atoms with van der Waals surface area (Å²) in [6, 6.07) is 15.5. The van der Waals surface area contributed by atoms with Crippen LogP contribution in [0.4, 0.5) is 11.4 Å². The summed E-state index contributed by atoms with van der Waals surface area (Å²) < 4.78 is 0.251. The van der Waals surface area contributed by atoms with Crippen molar-refractivity contribution in [3.8, 4) is 0 Å². The topological polar surface area (TPSA) is 98.2 Å². The van der Waals surface area contributed by atoms with E-state index in [-0.39, 0.29) is 26.8 Å². The number of fused-ring (bicyclic) bond motifs is 3. The molecule has 2 heterocycles. The first-order chi connectivity index (χ1) is 20.2. The van der Waals surface area contributed by atoms with Crippen LogP contribution in [0.3, 0.4) is 0 Å². The number of anilines is 2. The van der Waals surface area contributed by atoms with Gasteiger partial charge in [-0.2, -0.15) is 0 Å². The predicted octanol–water partition coefficient (Wildman–Crippen LogP) is 7.91. The molecule has 0 aromatic heterocycles. The van der Waals surface area contributed by atoms with Gasteiger partial charge in [0.2, 0.25) is 0 Å². The van der Waals surface area contributed by atoms with Crippen molar-refractivity contribution in [2.24, 2.45) is 5.41 Å². The van der Waals surface area contributed by atoms with E-state index in [2.05, 4.69) is 55.1 Å². The Hall–Kier alpha value is -2.82. The zero-order valence-corrected chi connectivity index (χ0v) is 27.4. The molecule has 0 spiro atoms. The first-order valence-corrected chi connectivity index (χ1v) is 16.7. The van der Waals surface area contributed by atoms with Gasteiger partial charge < -0.3 is 15.1 Å². The van der Waals surface area contributed by atoms with Crippen molar-refractivity contribution in [2.45, 2.75) is 87.8 Å². The maximum Gasteiger partial charge on any atom is 0.323 e. The number of hydrogen-bond acceptors (Lipinski definition) is 7. The highest BCUT2D eigenvalue weighted by molar-refractivity contribution is 8.26. The summed E-state index contributed by atoms with van der Waals surface area (Å²) in [6.45, 7) is 8.08. The van der Waals surface area contributed by atoms with Gasteiger partial charge in [0.1, 0.15) is 10.9 Å². The van der Waals surface area contributed by atoms with Crippen LogP contribution in [0.1, 0.15) is 83.3 Å². The molecule has 1 saturated heterocycles. The van der Waals surface area contributed by atoms with E-state index in [4.69, 9.17) is 17.3 Å². The normalized spacial score (nSPS) is 21.1. The first-order valence-electron chi connectivity index (χ1n) is 14.6. The van der Waals surface area contributed by atoms with Crippen LogP contribution in [-0.4, -0.2) is 54.6 Å². The molecule has 2 fully saturated rings. The molecule has 3 aliphatic rings. The van der Waals surface area contributed by atoms with Crippen LogP contribution < -0.4 is 4.90 Å². The lowest BCUT2D eigenvalue weighted by molar-refractivity contribution is -0.140. The lowest BCUT2D eigenvalue weighted by atomic mass is 9.82. The van der Waals surface area contributed by atoms with Gasteiger partial charge in [-0.05, 0) is 84.7 Å². The number of carbonyl (C=O) groups excluding carboxylic acids is 1. The molecular weight excluding hydrogens is 601 g/mol. The number of aliphatic carboxylic acids is 2. The Bertz CT molecular complexity index is 1480. The molecule has 7 nitrogen and oxygen atoms in total. The minimum Gasteiger partial charge on any atom is -0.481 e. The molecule has 10 heteroatoms. The number of nitrogens with zero attached hydrogens (tertiary/aromatic N) is 2. The monoisotopic (exact) mass is 638 g/mol. The molecule has 2 aromatic rings. The molecule has 1 saturated carbocycles. The lowest BCUT2D eigenvalue weighted by Gasteiger charge is -2.30. The van der Waals surface area contributed by atoms with E-state index < -0.39 is 18.5 Å². The maximum atomic E-state index is 12.8. The molecule has 2 N–H and O–H groups in total. The molecular formula is C33H38N2O5S3. The number of hydrogen-bond donors (Lipinski definition) is 2. The van der Waals surface area contributed by atoms with E-state index in [1.54, 1.807) is 0 Å². The largest absolute Gasteiger partial charge is 0.481 e. The summed E-state index contributed by atoms with van der Waals surface area (Å²) in [6.07, 6.45) is 7.20. The maximum absolute atomic E-state index is 12.8. The van der Waals surface area contributed by atoms with Crippen molar-refractivity contribution in [2.75, 3.05) is 11.4 Å². The first kappa shape index (κ1) is 31.6. The van der Waals surface area contributed by atoms with E-state index in [0.717, 1.165) is 47.9 Å². The molecule has 228 valence electrons. The zero-order chi connectivity index (χ0) is 31.1. The van der Waals surface area contributed by atoms with Gasteiger partial charge in [0.25, 0.3) is 5.91 Å². The number of thiocarbonyl (C=S) groups is 1. The van der Waals surface area contributed by atoms with E-state index in [9.17, 15) is 19.5 Å². The SMILES string of the molecule is CC(C)(CCC(C)(C)Sc1ccc(N2c3ccc(/C=C4\SC(=S)N(CC(=O)O)C4=O)cc3C3CCCC32)cc1)CC(=O)O. The second kappa shape index (κ2) is 12.3. The Labute approximate surface area is 267 Å². The average molecular weight is 639 g/mol. The van der Waals surface area contributed by atoms with Crippen LogP contribution in [0, 0.1) is 5.41 Å². The molecule has 2 unspecified atom stereocenters. The van der Waals surface area contributed by atoms with Crippen molar-refractivity contribution in [3.63, 3.8) is 0 Å². The van der Waals surface area contributed by atoms with Crippen molar-refractivity contribution in [1.82, 2.24) is 4.90 Å². The smallest absolute Gasteiger partial charge is 0.323 e. The van der Waals surface area contributed by atoms with E-state index in [1.807, 2.05) is 37.8 Å². The van der Waals surface area contributed by atoms with Crippen molar-refractivity contribution in [3.05, 3.63) is 58.5 Å². The van der Waals surface area contributed by atoms with E-state index >= 15 is 0 Å². The minimum atomic E-state index is -1.09. The van der Waals surface area contributed by atoms with Gasteiger partial charge in [-0.25, -0.2) is 0 Å². The van der Waals surface area contributed by atoms with Crippen LogP contribution >= 0.6 is 35.7 Å². The van der Waals surface area contributed by atoms with Crippen LogP contribution in [0.5, 0.6) is 0 Å². The number of carboxylic acids is 2. The highest BCUT2D eigenvalue weighted by Crippen LogP contribution is 2.53. The second-order valence-corrected chi connectivity index (χ2v) is 16.5. The molecule has 1 amide bonds. The molecule has 1 aliphatic carbocycles. The number of rotatable bonds is 11. The third kappa shape index (κ3) is 7.13. The van der Waals surface area contributed by atoms with Gasteiger partial charge in [-0.1, -0.05) is 64.2 Å². The summed E-state index contributed by atoms with van der Waals surface area (Å²) in [7, 11) is 0. The van der Waals surface area contributed by atoms with Crippen LogP contribution in [0.2, 0.25) is 0 Å².